The maximum atomic E-state index is 13.2. The Morgan fingerprint density at radius 1 is 0.943 bits per heavy atom. The van der Waals surface area contributed by atoms with Gasteiger partial charge in [0.15, 0.2) is 0 Å². The molecular weight excluding hydrogens is 460 g/mol. The number of hydrogen-bond acceptors (Lipinski definition) is 6. The quantitative estimate of drug-likeness (QED) is 0.478. The van der Waals surface area contributed by atoms with Gasteiger partial charge in [-0.05, 0) is 49.4 Å². The van der Waals surface area contributed by atoms with Crippen molar-refractivity contribution in [3.05, 3.63) is 66.7 Å². The summed E-state index contributed by atoms with van der Waals surface area (Å²) in [5.41, 5.74) is 2.48. The smallest absolute Gasteiger partial charge is 0.326 e. The van der Waals surface area contributed by atoms with Crippen LogP contribution in [0.5, 0.6) is 11.5 Å². The summed E-state index contributed by atoms with van der Waals surface area (Å²) in [5.74, 6) is 1.02. The number of nitrogens with one attached hydrogen (secondary N) is 1. The van der Waals surface area contributed by atoms with E-state index in [9.17, 15) is 9.90 Å². The fourth-order valence-corrected chi connectivity index (χ4v) is 5.76. The normalized spacial score (nSPS) is 15.3. The summed E-state index contributed by atoms with van der Waals surface area (Å²) in [6.07, 6.45) is 0.859. The first-order valence-corrected chi connectivity index (χ1v) is 12.7. The molecule has 0 unspecified atom stereocenters. The molecule has 0 bridgehead atoms. The summed E-state index contributed by atoms with van der Waals surface area (Å²) < 4.78 is 5.51. The van der Waals surface area contributed by atoms with Crippen LogP contribution in [-0.2, 0) is 0 Å². The van der Waals surface area contributed by atoms with E-state index < -0.39 is 0 Å². The Hall–Kier alpha value is -3.36. The Bertz CT molecular complexity index is 1200. The molecule has 0 saturated carbocycles. The van der Waals surface area contributed by atoms with Gasteiger partial charge in [0.1, 0.15) is 17.2 Å². The fourth-order valence-electron chi connectivity index (χ4n) is 4.68. The molecule has 2 aliphatic heterocycles. The molecule has 182 valence electrons. The van der Waals surface area contributed by atoms with Gasteiger partial charge in [-0.15, -0.1) is 0 Å². The molecule has 0 atom stereocenters. The second kappa shape index (κ2) is 10.5. The second-order valence-electron chi connectivity index (χ2n) is 8.62. The first-order valence-electron chi connectivity index (χ1n) is 11.9. The minimum atomic E-state index is -0.221. The predicted molar refractivity (Wildman–Crippen MR) is 140 cm³/mol. The van der Waals surface area contributed by atoms with Crippen molar-refractivity contribution in [2.75, 3.05) is 56.2 Å². The van der Waals surface area contributed by atoms with Gasteiger partial charge >= 0.3 is 6.03 Å². The average molecular weight is 491 g/mol. The monoisotopic (exact) mass is 490 g/mol. The van der Waals surface area contributed by atoms with Gasteiger partial charge in [0.05, 0.1) is 18.5 Å². The van der Waals surface area contributed by atoms with E-state index in [0.717, 1.165) is 66.1 Å². The number of urea groups is 1. The number of hydrogen-bond donors (Lipinski definition) is 2. The lowest BCUT2D eigenvalue weighted by molar-refractivity contribution is 0.241. The van der Waals surface area contributed by atoms with E-state index in [1.165, 1.54) is 0 Å². The van der Waals surface area contributed by atoms with Gasteiger partial charge in [0, 0.05) is 42.5 Å². The minimum absolute atomic E-state index is 0.104. The van der Waals surface area contributed by atoms with E-state index in [1.54, 1.807) is 35.9 Å². The highest BCUT2D eigenvalue weighted by Gasteiger charge is 2.30. The van der Waals surface area contributed by atoms with Crippen LogP contribution >= 0.6 is 11.8 Å². The Morgan fingerprint density at radius 2 is 1.66 bits per heavy atom. The summed E-state index contributed by atoms with van der Waals surface area (Å²) >= 11 is 1.57. The third-order valence-electron chi connectivity index (χ3n) is 6.46. The van der Waals surface area contributed by atoms with Crippen LogP contribution in [0.15, 0.2) is 76.5 Å². The molecule has 0 radical (unpaired) electrons. The van der Waals surface area contributed by atoms with E-state index in [1.807, 2.05) is 48.5 Å². The molecule has 0 spiro atoms. The molecule has 3 aromatic carbocycles. The number of carbonyl (C=O) groups excluding carboxylic acids is 1. The largest absolute Gasteiger partial charge is 0.506 e. The number of phenolic OH excluding ortho intramolecular Hbond substituents is 1. The number of rotatable bonds is 6. The summed E-state index contributed by atoms with van der Waals surface area (Å²) in [7, 11) is 1.71. The molecule has 7 nitrogen and oxygen atoms in total. The number of methoxy groups -OCH3 is 1. The molecule has 8 heteroatoms. The van der Waals surface area contributed by atoms with E-state index in [0.29, 0.717) is 12.2 Å². The second-order valence-corrected chi connectivity index (χ2v) is 9.70. The lowest BCUT2D eigenvalue weighted by Crippen LogP contribution is -2.47. The Morgan fingerprint density at radius 3 is 2.46 bits per heavy atom. The van der Waals surface area contributed by atoms with Crippen LogP contribution in [0, 0.1) is 0 Å². The van der Waals surface area contributed by atoms with Crippen LogP contribution in [0.3, 0.4) is 0 Å². The maximum absolute atomic E-state index is 13.2. The highest BCUT2D eigenvalue weighted by atomic mass is 32.2. The summed E-state index contributed by atoms with van der Waals surface area (Å²) in [4.78, 5) is 21.5. The van der Waals surface area contributed by atoms with Gasteiger partial charge in [-0.25, -0.2) is 4.79 Å². The van der Waals surface area contributed by atoms with Crippen molar-refractivity contribution >= 4 is 34.9 Å². The van der Waals surface area contributed by atoms with Crippen molar-refractivity contribution in [2.24, 2.45) is 0 Å². The van der Waals surface area contributed by atoms with Crippen molar-refractivity contribution in [2.45, 2.75) is 16.2 Å². The molecule has 1 saturated heterocycles. The number of carbonyl (C=O) groups is 1. The van der Waals surface area contributed by atoms with Gasteiger partial charge in [0.25, 0.3) is 0 Å². The molecule has 2 aliphatic rings. The van der Waals surface area contributed by atoms with E-state index >= 15 is 0 Å². The number of benzene rings is 3. The molecular formula is C27H30N4O3S. The van der Waals surface area contributed by atoms with Crippen LogP contribution in [0.2, 0.25) is 0 Å². The minimum Gasteiger partial charge on any atom is -0.506 e. The molecule has 2 amide bonds. The number of phenols is 1. The van der Waals surface area contributed by atoms with Gasteiger partial charge in [-0.3, -0.25) is 9.80 Å². The third-order valence-corrected chi connectivity index (χ3v) is 7.57. The number of aromatic hydroxyl groups is 1. The maximum Gasteiger partial charge on any atom is 0.326 e. The van der Waals surface area contributed by atoms with Gasteiger partial charge in [0.2, 0.25) is 0 Å². The number of fused-ring (bicyclic) bond motifs is 2. The van der Waals surface area contributed by atoms with Crippen LogP contribution in [0.25, 0.3) is 0 Å². The lowest BCUT2D eigenvalue weighted by Gasteiger charge is -2.36. The van der Waals surface area contributed by atoms with Crippen LogP contribution in [-0.4, -0.2) is 62.4 Å². The third kappa shape index (κ3) is 4.90. The number of piperazine rings is 1. The van der Waals surface area contributed by atoms with Crippen molar-refractivity contribution in [3.63, 3.8) is 0 Å². The molecule has 0 aliphatic carbocycles. The van der Waals surface area contributed by atoms with Crippen molar-refractivity contribution in [3.8, 4) is 11.5 Å². The zero-order chi connectivity index (χ0) is 24.2. The average Bonchev–Trinajstić information content (AvgIpc) is 2.90. The highest BCUT2D eigenvalue weighted by molar-refractivity contribution is 7.99. The molecule has 2 heterocycles. The van der Waals surface area contributed by atoms with E-state index in [-0.39, 0.29) is 11.8 Å². The Labute approximate surface area is 210 Å². The van der Waals surface area contributed by atoms with Crippen LogP contribution in [0.4, 0.5) is 21.9 Å². The lowest BCUT2D eigenvalue weighted by atomic mass is 10.2. The van der Waals surface area contributed by atoms with Crippen molar-refractivity contribution in [1.82, 2.24) is 10.2 Å². The zero-order valence-corrected chi connectivity index (χ0v) is 20.6. The van der Waals surface area contributed by atoms with Crippen molar-refractivity contribution < 1.29 is 14.6 Å². The predicted octanol–water partition coefficient (Wildman–Crippen LogP) is 4.93. The summed E-state index contributed by atoms with van der Waals surface area (Å²) in [6, 6.07) is 21.1. The number of ether oxygens (including phenoxy) is 1. The molecule has 1 fully saturated rings. The Balaban J connectivity index is 1.15. The van der Waals surface area contributed by atoms with Crippen LogP contribution in [0.1, 0.15) is 6.42 Å². The number of para-hydroxylation sites is 4. The molecule has 5 rings (SSSR count). The van der Waals surface area contributed by atoms with E-state index in [2.05, 4.69) is 21.2 Å². The number of anilines is 3. The topological polar surface area (TPSA) is 68.3 Å². The standard InChI is InChI=1S/C27H30N4O3S/c1-34-23-11-4-2-8-20(23)30-18-16-29(17-19-30)15-7-14-28-27(33)31-21-9-3-5-12-24(21)35-25-13-6-10-22(32)26(25)31/h2-6,8-13,32H,7,14-19H2,1H3,(H,28,33). The van der Waals surface area contributed by atoms with Gasteiger partial charge in [-0.1, -0.05) is 42.1 Å². The van der Waals surface area contributed by atoms with Gasteiger partial charge < -0.3 is 20.1 Å². The number of amides is 2. The Kier molecular flexibility index (Phi) is 7.01. The number of nitrogens with zero attached hydrogens (tertiary/aromatic N) is 3. The van der Waals surface area contributed by atoms with Crippen LogP contribution < -0.4 is 19.9 Å². The summed E-state index contributed by atoms with van der Waals surface area (Å²) in [6.45, 7) is 5.35. The first kappa shape index (κ1) is 23.4. The zero-order valence-electron chi connectivity index (χ0n) is 19.8. The molecule has 35 heavy (non-hydrogen) atoms. The van der Waals surface area contributed by atoms with E-state index in [4.69, 9.17) is 4.74 Å². The molecule has 2 N–H and O–H groups in total. The highest BCUT2D eigenvalue weighted by Crippen LogP contribution is 2.51. The van der Waals surface area contributed by atoms with Gasteiger partial charge in [-0.2, -0.15) is 0 Å². The summed E-state index contributed by atoms with van der Waals surface area (Å²) in [5, 5.41) is 13.6. The fraction of sp³-hybridized carbons (Fsp3) is 0.296. The SMILES string of the molecule is COc1ccccc1N1CCN(CCCNC(=O)N2c3ccccc3Sc3cccc(O)c32)CC1. The first-order chi connectivity index (χ1) is 17.2. The molecule has 0 aromatic heterocycles. The van der Waals surface area contributed by atoms with Crippen molar-refractivity contribution in [1.29, 1.82) is 0 Å². The molecule has 3 aromatic rings.